The first-order valence-electron chi connectivity index (χ1n) is 9.80. The summed E-state index contributed by atoms with van der Waals surface area (Å²) in [7, 11) is 0. The van der Waals surface area contributed by atoms with Crippen molar-refractivity contribution < 1.29 is 18.0 Å². The number of hydrogen-bond donors (Lipinski definition) is 0. The summed E-state index contributed by atoms with van der Waals surface area (Å²) in [5.41, 5.74) is 0.193. The maximum Gasteiger partial charge on any atom is 0.433 e. The molecule has 0 N–H and O–H groups in total. The largest absolute Gasteiger partial charge is 0.433 e. The first kappa shape index (κ1) is 19.1. The Kier molecular flexibility index (Phi) is 5.23. The number of aromatic nitrogens is 1. The van der Waals surface area contributed by atoms with Crippen molar-refractivity contribution in [1.82, 2.24) is 9.88 Å². The van der Waals surface area contributed by atoms with Gasteiger partial charge in [-0.15, -0.1) is 0 Å². The average Bonchev–Trinajstić information content (AvgIpc) is 2.67. The number of halogens is 3. The first-order chi connectivity index (χ1) is 13.4. The highest BCUT2D eigenvalue weighted by Gasteiger charge is 2.41. The fourth-order valence-electron chi connectivity index (χ4n) is 4.68. The number of piperidine rings is 2. The van der Waals surface area contributed by atoms with Crippen LogP contribution in [0.25, 0.3) is 0 Å². The van der Waals surface area contributed by atoms with Gasteiger partial charge in [-0.25, -0.2) is 4.98 Å². The lowest BCUT2D eigenvalue weighted by Crippen LogP contribution is -2.52. The Morgan fingerprint density at radius 1 is 1.00 bits per heavy atom. The molecule has 6 heteroatoms. The summed E-state index contributed by atoms with van der Waals surface area (Å²) in [5.74, 6) is -0.499. The van der Waals surface area contributed by atoms with Crippen molar-refractivity contribution in [3.63, 3.8) is 0 Å². The molecule has 3 heterocycles. The summed E-state index contributed by atoms with van der Waals surface area (Å²) in [6, 6.07) is 14.5. The lowest BCUT2D eigenvalue weighted by molar-refractivity contribution is -0.141. The molecule has 2 aliphatic rings. The van der Waals surface area contributed by atoms with Crippen molar-refractivity contribution in [2.24, 2.45) is 5.92 Å². The highest BCUT2D eigenvalue weighted by molar-refractivity contribution is 5.96. The molecule has 3 nitrogen and oxygen atoms in total. The normalized spacial score (nSPS) is 25.5. The molecule has 2 atom stereocenters. The topological polar surface area (TPSA) is 33.2 Å². The van der Waals surface area contributed by atoms with Gasteiger partial charge in [-0.1, -0.05) is 42.8 Å². The SMILES string of the molecule is O=C(c1cccc(C(F)(F)F)n1)C1CC2CCCC(C1)N2Cc1ccccc1. The summed E-state index contributed by atoms with van der Waals surface area (Å²) >= 11 is 0. The van der Waals surface area contributed by atoms with E-state index in [1.807, 2.05) is 18.2 Å². The lowest BCUT2D eigenvalue weighted by atomic mass is 9.76. The minimum atomic E-state index is -4.54. The van der Waals surface area contributed by atoms with Crippen LogP contribution in [0, 0.1) is 5.92 Å². The second kappa shape index (κ2) is 7.66. The quantitative estimate of drug-likeness (QED) is 0.682. The molecule has 2 saturated heterocycles. The number of ketones is 1. The van der Waals surface area contributed by atoms with Crippen molar-refractivity contribution in [3.8, 4) is 0 Å². The highest BCUT2D eigenvalue weighted by atomic mass is 19.4. The van der Waals surface area contributed by atoms with E-state index in [2.05, 4.69) is 22.0 Å². The maximum absolute atomic E-state index is 12.9. The Bertz CT molecular complexity index is 823. The van der Waals surface area contributed by atoms with Crippen LogP contribution in [0.3, 0.4) is 0 Å². The fourth-order valence-corrected chi connectivity index (χ4v) is 4.68. The van der Waals surface area contributed by atoms with Gasteiger partial charge in [-0.3, -0.25) is 9.69 Å². The van der Waals surface area contributed by atoms with Gasteiger partial charge in [0, 0.05) is 24.5 Å². The van der Waals surface area contributed by atoms with Crippen molar-refractivity contribution >= 4 is 5.78 Å². The van der Waals surface area contributed by atoms with Gasteiger partial charge in [0.05, 0.1) is 0 Å². The molecule has 2 aromatic rings. The van der Waals surface area contributed by atoms with Crippen LogP contribution < -0.4 is 0 Å². The number of rotatable bonds is 4. The van der Waals surface area contributed by atoms with Gasteiger partial charge >= 0.3 is 6.18 Å². The Balaban J connectivity index is 1.50. The standard InChI is InChI=1S/C22H23F3N2O/c23-22(24,25)20-11-5-10-19(26-20)21(28)16-12-17-8-4-9-18(13-16)27(17)14-15-6-2-1-3-7-15/h1-3,5-7,10-11,16-18H,4,8-9,12-14H2. The third-order valence-electron chi connectivity index (χ3n) is 6.00. The highest BCUT2D eigenvalue weighted by Crippen LogP contribution is 2.39. The number of alkyl halides is 3. The number of benzene rings is 1. The van der Waals surface area contributed by atoms with Gasteiger partial charge < -0.3 is 0 Å². The van der Waals surface area contributed by atoms with E-state index >= 15 is 0 Å². The van der Waals surface area contributed by atoms with Crippen molar-refractivity contribution in [1.29, 1.82) is 0 Å². The third kappa shape index (κ3) is 3.97. The number of fused-ring (bicyclic) bond motifs is 2. The van der Waals surface area contributed by atoms with Gasteiger partial charge in [0.2, 0.25) is 0 Å². The monoisotopic (exact) mass is 388 g/mol. The van der Waals surface area contributed by atoms with Crippen LogP contribution in [0.15, 0.2) is 48.5 Å². The molecule has 1 aromatic heterocycles. The summed E-state index contributed by atoms with van der Waals surface area (Å²) in [6.45, 7) is 0.860. The molecule has 0 radical (unpaired) electrons. The zero-order chi connectivity index (χ0) is 19.7. The van der Waals surface area contributed by atoms with Crippen molar-refractivity contribution in [2.75, 3.05) is 0 Å². The number of carbonyl (C=O) groups is 1. The van der Waals surface area contributed by atoms with E-state index in [0.29, 0.717) is 24.9 Å². The van der Waals surface area contributed by atoms with Crippen LogP contribution in [-0.2, 0) is 12.7 Å². The van der Waals surface area contributed by atoms with E-state index in [9.17, 15) is 18.0 Å². The summed E-state index contributed by atoms with van der Waals surface area (Å²) in [6.07, 6.45) is 0.0572. The van der Waals surface area contributed by atoms with Gasteiger partial charge in [-0.05, 0) is 43.4 Å². The number of Topliss-reactive ketones (excluding diaryl/α,β-unsaturated/α-hetero) is 1. The summed E-state index contributed by atoms with van der Waals surface area (Å²) in [5, 5.41) is 0. The van der Waals surface area contributed by atoms with E-state index in [1.165, 1.54) is 17.7 Å². The minimum absolute atomic E-state index is 0.0607. The molecule has 0 aliphatic carbocycles. The molecular formula is C22H23F3N2O. The molecule has 0 spiro atoms. The van der Waals surface area contributed by atoms with Crippen LogP contribution in [0.5, 0.6) is 0 Å². The van der Waals surface area contributed by atoms with Gasteiger partial charge in [-0.2, -0.15) is 13.2 Å². The zero-order valence-corrected chi connectivity index (χ0v) is 15.5. The van der Waals surface area contributed by atoms with Crippen LogP contribution in [0.1, 0.15) is 53.8 Å². The summed E-state index contributed by atoms with van der Waals surface area (Å²) < 4.78 is 38.8. The van der Waals surface area contributed by atoms with Crippen LogP contribution >= 0.6 is 0 Å². The molecule has 2 unspecified atom stereocenters. The minimum Gasteiger partial charge on any atom is -0.293 e. The molecule has 2 fully saturated rings. The first-order valence-corrected chi connectivity index (χ1v) is 9.80. The lowest BCUT2D eigenvalue weighted by Gasteiger charge is -2.48. The Labute approximate surface area is 162 Å². The smallest absolute Gasteiger partial charge is 0.293 e. The molecule has 0 saturated carbocycles. The van der Waals surface area contributed by atoms with E-state index in [4.69, 9.17) is 0 Å². The Morgan fingerprint density at radius 3 is 2.32 bits per heavy atom. The van der Waals surface area contributed by atoms with Crippen LogP contribution in [0.2, 0.25) is 0 Å². The van der Waals surface area contributed by atoms with Gasteiger partial charge in [0.15, 0.2) is 5.78 Å². The molecule has 148 valence electrons. The molecule has 1 aromatic carbocycles. The fraction of sp³-hybridized carbons (Fsp3) is 0.455. The molecule has 2 aliphatic heterocycles. The van der Waals surface area contributed by atoms with Gasteiger partial charge in [0.25, 0.3) is 0 Å². The van der Waals surface area contributed by atoms with Crippen LogP contribution in [0.4, 0.5) is 13.2 Å². The van der Waals surface area contributed by atoms with Crippen molar-refractivity contribution in [2.45, 2.75) is 56.9 Å². The molecular weight excluding hydrogens is 365 g/mol. The van der Waals surface area contributed by atoms with E-state index in [0.717, 1.165) is 31.9 Å². The number of hydrogen-bond acceptors (Lipinski definition) is 3. The zero-order valence-electron chi connectivity index (χ0n) is 15.5. The predicted molar refractivity (Wildman–Crippen MR) is 99.7 cm³/mol. The van der Waals surface area contributed by atoms with Gasteiger partial charge in [0.1, 0.15) is 11.4 Å². The Morgan fingerprint density at radius 2 is 1.68 bits per heavy atom. The van der Waals surface area contributed by atoms with Crippen molar-refractivity contribution in [3.05, 3.63) is 65.5 Å². The Hall–Kier alpha value is -2.21. The molecule has 28 heavy (non-hydrogen) atoms. The molecule has 2 bridgehead atoms. The number of pyridine rings is 1. The number of nitrogens with zero attached hydrogens (tertiary/aromatic N) is 2. The van der Waals surface area contributed by atoms with E-state index in [1.54, 1.807) is 0 Å². The average molecular weight is 388 g/mol. The summed E-state index contributed by atoms with van der Waals surface area (Å²) in [4.78, 5) is 19.0. The third-order valence-corrected chi connectivity index (χ3v) is 6.00. The number of carbonyl (C=O) groups excluding carboxylic acids is 1. The van der Waals surface area contributed by atoms with Crippen LogP contribution in [-0.4, -0.2) is 27.8 Å². The molecule has 4 rings (SSSR count). The van der Waals surface area contributed by atoms with E-state index in [-0.39, 0.29) is 17.4 Å². The second-order valence-electron chi connectivity index (χ2n) is 7.83. The maximum atomic E-state index is 12.9. The second-order valence-corrected chi connectivity index (χ2v) is 7.83. The van der Waals surface area contributed by atoms with E-state index < -0.39 is 11.9 Å². The predicted octanol–water partition coefficient (Wildman–Crippen LogP) is 5.12. The molecule has 0 amide bonds.